The van der Waals surface area contributed by atoms with Crippen LogP contribution in [0.1, 0.15) is 32.6 Å². The second-order valence-electron chi connectivity index (χ2n) is 7.65. The maximum absolute atomic E-state index is 13.1. The summed E-state index contributed by atoms with van der Waals surface area (Å²) in [6, 6.07) is 16.2. The zero-order chi connectivity index (χ0) is 24.7. The molecule has 3 rings (SSSR count). The summed E-state index contributed by atoms with van der Waals surface area (Å²) in [6.45, 7) is -0.253. The fraction of sp³-hybridized carbons (Fsp3) is 0.160. The van der Waals surface area contributed by atoms with Gasteiger partial charge in [0.2, 0.25) is 0 Å². The summed E-state index contributed by atoms with van der Waals surface area (Å²) in [6.07, 6.45) is 1.30. The van der Waals surface area contributed by atoms with Gasteiger partial charge in [0.05, 0.1) is 0 Å². The van der Waals surface area contributed by atoms with Crippen molar-refractivity contribution in [3.05, 3.63) is 99.3 Å². The Hall–Kier alpha value is -3.91. The van der Waals surface area contributed by atoms with Crippen molar-refractivity contribution >= 4 is 29.3 Å². The van der Waals surface area contributed by atoms with E-state index < -0.39 is 5.91 Å². The Labute approximate surface area is 201 Å². The Kier molecular flexibility index (Phi) is 8.21. The molecule has 0 aliphatic carbocycles. The van der Waals surface area contributed by atoms with E-state index in [1.165, 1.54) is 18.2 Å². The smallest absolute Gasteiger partial charge is 0.255 e. The second kappa shape index (κ2) is 11.3. The molecular weight excluding hydrogens is 459 g/mol. The van der Waals surface area contributed by atoms with Crippen LogP contribution in [0.2, 0.25) is 5.02 Å². The van der Waals surface area contributed by atoms with Crippen LogP contribution >= 0.6 is 11.6 Å². The molecule has 34 heavy (non-hydrogen) atoms. The number of ether oxygens (including phenoxy) is 1. The molecular formula is C25H24ClFN4O3. The Morgan fingerprint density at radius 2 is 1.65 bits per heavy atom. The highest BCUT2D eigenvalue weighted by molar-refractivity contribution is 6.31. The van der Waals surface area contributed by atoms with Gasteiger partial charge in [0.25, 0.3) is 11.8 Å². The number of amidine groups is 1. The highest BCUT2D eigenvalue weighted by Crippen LogP contribution is 2.22. The summed E-state index contributed by atoms with van der Waals surface area (Å²) in [5.74, 6) is -1.16. The maximum atomic E-state index is 13.1. The molecule has 0 bridgehead atoms. The average Bonchev–Trinajstić information content (AvgIpc) is 2.80. The number of carbonyl (C=O) groups excluding carboxylic acids is 2. The lowest BCUT2D eigenvalue weighted by Gasteiger charge is -2.13. The van der Waals surface area contributed by atoms with Gasteiger partial charge in [0.1, 0.15) is 17.4 Å². The molecule has 0 aliphatic rings. The Morgan fingerprint density at radius 3 is 2.32 bits per heavy atom. The first-order valence-corrected chi connectivity index (χ1v) is 10.8. The third-order valence-corrected chi connectivity index (χ3v) is 5.24. The highest BCUT2D eigenvalue weighted by atomic mass is 35.5. The normalized spacial score (nSPS) is 10.5. The lowest BCUT2D eigenvalue weighted by Crippen LogP contribution is -2.25. The minimum atomic E-state index is -0.657. The number of amides is 2. The van der Waals surface area contributed by atoms with Gasteiger partial charge < -0.3 is 21.5 Å². The number of aryl methyl sites for hydroxylation is 2. The number of nitrogens with two attached hydrogens (primary N) is 2. The SMILES string of the molecule is N=C(N)c1ccc(CNC(=O)c2cc(Cl)cc(CCc3ccc(F)cc3)c2)c(OCC(N)=O)c1. The monoisotopic (exact) mass is 482 g/mol. The van der Waals surface area contributed by atoms with E-state index in [1.807, 2.05) is 0 Å². The number of nitrogens with one attached hydrogen (secondary N) is 2. The molecule has 0 unspecified atom stereocenters. The summed E-state index contributed by atoms with van der Waals surface area (Å²) < 4.78 is 18.5. The molecule has 9 heteroatoms. The molecule has 0 fully saturated rings. The molecule has 3 aromatic carbocycles. The van der Waals surface area contributed by atoms with Gasteiger partial charge in [-0.05, 0) is 60.4 Å². The van der Waals surface area contributed by atoms with Crippen LogP contribution in [0.15, 0.2) is 60.7 Å². The van der Waals surface area contributed by atoms with Crippen molar-refractivity contribution in [2.24, 2.45) is 11.5 Å². The van der Waals surface area contributed by atoms with Gasteiger partial charge in [-0.25, -0.2) is 4.39 Å². The molecule has 0 aliphatic heterocycles. The van der Waals surface area contributed by atoms with E-state index in [4.69, 9.17) is 33.2 Å². The standard InChI is InChI=1S/C25H24ClFN4O3/c26-20-10-16(2-1-15-3-7-21(27)8-4-15)9-19(11-20)25(33)31-13-18-6-5-17(24(29)30)12-22(18)34-14-23(28)32/h3-12H,1-2,13-14H2,(H2,28,32)(H3,29,30)(H,31,33). The predicted octanol–water partition coefficient (Wildman–Crippen LogP) is 3.34. The van der Waals surface area contributed by atoms with E-state index >= 15 is 0 Å². The molecule has 0 heterocycles. The molecule has 6 N–H and O–H groups in total. The lowest BCUT2D eigenvalue weighted by atomic mass is 10.0. The van der Waals surface area contributed by atoms with Crippen LogP contribution in [0.25, 0.3) is 0 Å². The summed E-state index contributed by atoms with van der Waals surface area (Å²) in [4.78, 5) is 23.9. The molecule has 0 saturated carbocycles. The highest BCUT2D eigenvalue weighted by Gasteiger charge is 2.13. The fourth-order valence-electron chi connectivity index (χ4n) is 3.29. The quantitative estimate of drug-likeness (QED) is 0.260. The molecule has 0 atom stereocenters. The third kappa shape index (κ3) is 7.05. The van der Waals surface area contributed by atoms with Crippen LogP contribution in [0, 0.1) is 11.2 Å². The van der Waals surface area contributed by atoms with Crippen molar-refractivity contribution in [1.82, 2.24) is 5.32 Å². The van der Waals surface area contributed by atoms with Crippen molar-refractivity contribution in [3.8, 4) is 5.75 Å². The van der Waals surface area contributed by atoms with Gasteiger partial charge in [0.15, 0.2) is 6.61 Å². The van der Waals surface area contributed by atoms with Crippen molar-refractivity contribution in [1.29, 1.82) is 5.41 Å². The zero-order valence-electron chi connectivity index (χ0n) is 18.2. The number of primary amides is 1. The van der Waals surface area contributed by atoms with Crippen LogP contribution < -0.4 is 21.5 Å². The molecule has 2 amide bonds. The summed E-state index contributed by atoms with van der Waals surface area (Å²) >= 11 is 6.23. The Bertz CT molecular complexity index is 1220. The first-order valence-electron chi connectivity index (χ1n) is 10.4. The molecule has 0 saturated heterocycles. The summed E-state index contributed by atoms with van der Waals surface area (Å²) in [5.41, 5.74) is 13.9. The number of halogens is 2. The number of benzene rings is 3. The van der Waals surface area contributed by atoms with E-state index in [-0.39, 0.29) is 36.5 Å². The summed E-state index contributed by atoms with van der Waals surface area (Å²) in [5, 5.41) is 10.8. The van der Waals surface area contributed by atoms with Gasteiger partial charge >= 0.3 is 0 Å². The predicted molar refractivity (Wildman–Crippen MR) is 129 cm³/mol. The van der Waals surface area contributed by atoms with Crippen LogP contribution in [0.3, 0.4) is 0 Å². The zero-order valence-corrected chi connectivity index (χ0v) is 19.0. The molecule has 7 nitrogen and oxygen atoms in total. The number of carbonyl (C=O) groups is 2. The van der Waals surface area contributed by atoms with Crippen LogP contribution in [0.5, 0.6) is 5.75 Å². The van der Waals surface area contributed by atoms with E-state index in [0.29, 0.717) is 34.6 Å². The van der Waals surface area contributed by atoms with Gasteiger partial charge in [-0.1, -0.05) is 35.9 Å². The first kappa shape index (κ1) is 24.7. The Morgan fingerprint density at radius 1 is 0.941 bits per heavy atom. The number of rotatable bonds is 10. The molecule has 0 aromatic heterocycles. The maximum Gasteiger partial charge on any atom is 0.255 e. The summed E-state index contributed by atoms with van der Waals surface area (Å²) in [7, 11) is 0. The topological polar surface area (TPSA) is 131 Å². The van der Waals surface area contributed by atoms with Crippen molar-refractivity contribution in [2.45, 2.75) is 19.4 Å². The largest absolute Gasteiger partial charge is 0.483 e. The minimum Gasteiger partial charge on any atom is -0.483 e. The van der Waals surface area contributed by atoms with Crippen LogP contribution in [0.4, 0.5) is 4.39 Å². The number of hydrogen-bond donors (Lipinski definition) is 4. The van der Waals surface area contributed by atoms with E-state index in [1.54, 1.807) is 42.5 Å². The van der Waals surface area contributed by atoms with Crippen molar-refractivity contribution in [3.63, 3.8) is 0 Å². The average molecular weight is 483 g/mol. The van der Waals surface area contributed by atoms with Gasteiger partial charge in [-0.3, -0.25) is 15.0 Å². The number of nitrogen functional groups attached to an aromatic ring is 1. The van der Waals surface area contributed by atoms with Crippen molar-refractivity contribution < 1.29 is 18.7 Å². The molecule has 0 radical (unpaired) electrons. The second-order valence-corrected chi connectivity index (χ2v) is 8.08. The lowest BCUT2D eigenvalue weighted by molar-refractivity contribution is -0.119. The number of hydrogen-bond acceptors (Lipinski definition) is 4. The first-order chi connectivity index (χ1) is 16.2. The Balaban J connectivity index is 1.70. The minimum absolute atomic E-state index is 0.0997. The van der Waals surface area contributed by atoms with Gasteiger partial charge in [-0.2, -0.15) is 0 Å². The van der Waals surface area contributed by atoms with E-state index in [9.17, 15) is 14.0 Å². The van der Waals surface area contributed by atoms with E-state index in [0.717, 1.165) is 11.1 Å². The van der Waals surface area contributed by atoms with Gasteiger partial charge in [-0.15, -0.1) is 0 Å². The van der Waals surface area contributed by atoms with Crippen molar-refractivity contribution in [2.75, 3.05) is 6.61 Å². The fourth-order valence-corrected chi connectivity index (χ4v) is 3.55. The molecule has 176 valence electrons. The van der Waals surface area contributed by atoms with E-state index in [2.05, 4.69) is 5.32 Å². The third-order valence-electron chi connectivity index (χ3n) is 5.02. The van der Waals surface area contributed by atoms with Crippen LogP contribution in [-0.4, -0.2) is 24.3 Å². The molecule has 0 spiro atoms. The van der Waals surface area contributed by atoms with Gasteiger partial charge in [0, 0.05) is 28.3 Å². The molecule has 3 aromatic rings. The van der Waals surface area contributed by atoms with Crippen LogP contribution in [-0.2, 0) is 24.2 Å².